The molecule has 14 heteroatoms. The maximum atomic E-state index is 11.2. The fourth-order valence-electron chi connectivity index (χ4n) is 1.95. The lowest BCUT2D eigenvalue weighted by Crippen LogP contribution is -2.52. The van der Waals surface area contributed by atoms with Crippen LogP contribution in [0.25, 0.3) is 10.4 Å². The molecule has 0 amide bonds. The number of rotatable bonds is 8. The SMILES string of the molecule is CO[C@H]1O[C@H](COS(C)(=O)=O)[C@@](COS(C)(=O)=O)(N=[N+]=[N-])[C@@H]1O. The summed E-state index contributed by atoms with van der Waals surface area (Å²) in [6.45, 7) is -1.42. The third-order valence-electron chi connectivity index (χ3n) is 3.03. The molecule has 1 N–H and O–H groups in total. The number of aliphatic hydroxyl groups excluding tert-OH is 1. The Balaban J connectivity index is 3.17. The monoisotopic (exact) mass is 375 g/mol. The highest BCUT2D eigenvalue weighted by atomic mass is 32.2. The fraction of sp³-hybridized carbons (Fsp3) is 1.00. The molecule has 1 saturated heterocycles. The van der Waals surface area contributed by atoms with Crippen LogP contribution in [0.3, 0.4) is 0 Å². The van der Waals surface area contributed by atoms with Crippen LogP contribution < -0.4 is 0 Å². The van der Waals surface area contributed by atoms with E-state index in [2.05, 4.69) is 18.4 Å². The van der Waals surface area contributed by atoms with Gasteiger partial charge in [0, 0.05) is 12.0 Å². The second kappa shape index (κ2) is 7.27. The van der Waals surface area contributed by atoms with Crippen LogP contribution in [0.4, 0.5) is 0 Å². The van der Waals surface area contributed by atoms with Crippen LogP contribution in [0.2, 0.25) is 0 Å². The third-order valence-corrected chi connectivity index (χ3v) is 4.14. The lowest BCUT2D eigenvalue weighted by atomic mass is 9.90. The highest BCUT2D eigenvalue weighted by Gasteiger charge is 2.57. The summed E-state index contributed by atoms with van der Waals surface area (Å²) in [5, 5.41) is 13.6. The molecule has 134 valence electrons. The first-order chi connectivity index (χ1) is 10.4. The maximum Gasteiger partial charge on any atom is 0.264 e. The lowest BCUT2D eigenvalue weighted by molar-refractivity contribution is -0.151. The van der Waals surface area contributed by atoms with Gasteiger partial charge in [0.05, 0.1) is 25.7 Å². The van der Waals surface area contributed by atoms with Gasteiger partial charge in [0.1, 0.15) is 17.7 Å². The Bertz CT molecular complexity index is 672. The maximum absolute atomic E-state index is 11.2. The number of azide groups is 1. The molecule has 0 saturated carbocycles. The van der Waals surface area contributed by atoms with Gasteiger partial charge in [-0.15, -0.1) is 0 Å². The van der Waals surface area contributed by atoms with Crippen molar-refractivity contribution in [2.75, 3.05) is 32.8 Å². The predicted molar refractivity (Wildman–Crippen MR) is 75.1 cm³/mol. The molecular formula is C9H17N3O9S2. The Hall–Kier alpha value is -0.990. The molecule has 1 aliphatic heterocycles. The summed E-state index contributed by atoms with van der Waals surface area (Å²) in [6, 6.07) is 0. The number of nitrogens with zero attached hydrogens (tertiary/aromatic N) is 3. The number of hydrogen-bond donors (Lipinski definition) is 1. The van der Waals surface area contributed by atoms with Gasteiger partial charge in [-0.1, -0.05) is 5.11 Å². The average molecular weight is 375 g/mol. The van der Waals surface area contributed by atoms with Crippen molar-refractivity contribution < 1.29 is 39.8 Å². The van der Waals surface area contributed by atoms with Crippen molar-refractivity contribution in [3.05, 3.63) is 10.4 Å². The second-order valence-corrected chi connectivity index (χ2v) is 8.10. The molecule has 0 radical (unpaired) electrons. The van der Waals surface area contributed by atoms with Gasteiger partial charge in [0.15, 0.2) is 6.29 Å². The number of methoxy groups -OCH3 is 1. The van der Waals surface area contributed by atoms with Crippen LogP contribution in [0, 0.1) is 0 Å². The normalized spacial score (nSPS) is 31.7. The minimum absolute atomic E-state index is 0.637. The summed E-state index contributed by atoms with van der Waals surface area (Å²) in [4.78, 5) is 2.55. The van der Waals surface area contributed by atoms with E-state index in [9.17, 15) is 21.9 Å². The quantitative estimate of drug-likeness (QED) is 0.234. The molecule has 0 unspecified atom stereocenters. The van der Waals surface area contributed by atoms with Crippen LogP contribution >= 0.6 is 0 Å². The Morgan fingerprint density at radius 1 is 1.26 bits per heavy atom. The van der Waals surface area contributed by atoms with E-state index in [0.717, 1.165) is 12.5 Å². The van der Waals surface area contributed by atoms with E-state index in [4.69, 9.17) is 15.0 Å². The van der Waals surface area contributed by atoms with Crippen molar-refractivity contribution in [3.63, 3.8) is 0 Å². The molecule has 1 aliphatic rings. The zero-order valence-electron chi connectivity index (χ0n) is 12.5. The zero-order chi connectivity index (χ0) is 17.9. The van der Waals surface area contributed by atoms with Gasteiger partial charge < -0.3 is 14.6 Å². The van der Waals surface area contributed by atoms with E-state index in [1.807, 2.05) is 0 Å². The molecule has 1 fully saturated rings. The molecule has 0 aliphatic carbocycles. The smallest absolute Gasteiger partial charge is 0.264 e. The number of ether oxygens (including phenoxy) is 2. The van der Waals surface area contributed by atoms with Crippen LogP contribution in [0.15, 0.2) is 5.11 Å². The van der Waals surface area contributed by atoms with E-state index in [0.29, 0.717) is 0 Å². The second-order valence-electron chi connectivity index (χ2n) is 4.81. The topological polar surface area (TPSA) is 174 Å². The highest BCUT2D eigenvalue weighted by molar-refractivity contribution is 7.86. The number of aliphatic hydroxyl groups is 1. The van der Waals surface area contributed by atoms with E-state index < -0.39 is 57.5 Å². The molecule has 1 rings (SSSR count). The predicted octanol–water partition coefficient (Wildman–Crippen LogP) is -1.28. The summed E-state index contributed by atoms with van der Waals surface area (Å²) in [5.74, 6) is 0. The van der Waals surface area contributed by atoms with Crippen molar-refractivity contribution in [1.29, 1.82) is 0 Å². The largest absolute Gasteiger partial charge is 0.387 e. The molecule has 0 spiro atoms. The molecule has 4 atom stereocenters. The Morgan fingerprint density at radius 2 is 1.83 bits per heavy atom. The molecule has 0 aromatic rings. The summed E-state index contributed by atoms with van der Waals surface area (Å²) in [6.07, 6.45) is -2.69. The van der Waals surface area contributed by atoms with Gasteiger partial charge in [-0.25, -0.2) is 0 Å². The van der Waals surface area contributed by atoms with Gasteiger partial charge in [-0.05, 0) is 5.53 Å². The Kier molecular flexibility index (Phi) is 6.34. The van der Waals surface area contributed by atoms with E-state index >= 15 is 0 Å². The number of hydrogen-bond acceptors (Lipinski definition) is 10. The first-order valence-corrected chi connectivity index (χ1v) is 9.70. The third kappa shape index (κ3) is 5.26. The van der Waals surface area contributed by atoms with Crippen LogP contribution in [-0.4, -0.2) is 78.8 Å². The van der Waals surface area contributed by atoms with Crippen LogP contribution in [-0.2, 0) is 38.1 Å². The summed E-state index contributed by atoms with van der Waals surface area (Å²) < 4.78 is 63.9. The van der Waals surface area contributed by atoms with Gasteiger partial charge in [-0.3, -0.25) is 8.37 Å². The van der Waals surface area contributed by atoms with Crippen molar-refractivity contribution in [2.24, 2.45) is 5.11 Å². The molecule has 12 nitrogen and oxygen atoms in total. The van der Waals surface area contributed by atoms with Crippen molar-refractivity contribution in [1.82, 2.24) is 0 Å². The van der Waals surface area contributed by atoms with Crippen molar-refractivity contribution in [3.8, 4) is 0 Å². The molecule has 0 aromatic carbocycles. The zero-order valence-corrected chi connectivity index (χ0v) is 14.2. The first-order valence-electron chi connectivity index (χ1n) is 6.06. The van der Waals surface area contributed by atoms with Crippen LogP contribution in [0.1, 0.15) is 0 Å². The van der Waals surface area contributed by atoms with E-state index in [1.165, 1.54) is 7.11 Å². The summed E-state index contributed by atoms with van der Waals surface area (Å²) >= 11 is 0. The first kappa shape index (κ1) is 20.1. The molecule has 23 heavy (non-hydrogen) atoms. The van der Waals surface area contributed by atoms with Crippen LogP contribution in [0.5, 0.6) is 0 Å². The van der Waals surface area contributed by atoms with Gasteiger partial charge >= 0.3 is 0 Å². The molecule has 1 heterocycles. The van der Waals surface area contributed by atoms with Crippen molar-refractivity contribution >= 4 is 20.2 Å². The van der Waals surface area contributed by atoms with E-state index in [1.54, 1.807) is 0 Å². The highest BCUT2D eigenvalue weighted by Crippen LogP contribution is 2.36. The Labute approximate surface area is 133 Å². The minimum Gasteiger partial charge on any atom is -0.387 e. The lowest BCUT2D eigenvalue weighted by Gasteiger charge is -2.30. The fourth-order valence-corrected chi connectivity index (χ4v) is 2.72. The molecule has 0 aromatic heterocycles. The molecule has 0 bridgehead atoms. The van der Waals surface area contributed by atoms with Crippen molar-refractivity contribution in [2.45, 2.75) is 24.0 Å². The van der Waals surface area contributed by atoms with Gasteiger partial charge in [-0.2, -0.15) is 16.8 Å². The average Bonchev–Trinajstić information content (AvgIpc) is 2.67. The Morgan fingerprint density at radius 3 is 2.26 bits per heavy atom. The standard InChI is InChI=1S/C9H17N3O9S2/c1-18-8-7(13)9(11-12-10,5-20-23(3,16)17)6(21-8)4-19-22(2,14)15/h6-8,13H,4-5H2,1-3H3/t6-,7-,8+,9-/m1/s1. The summed E-state index contributed by atoms with van der Waals surface area (Å²) in [7, 11) is -6.60. The summed E-state index contributed by atoms with van der Waals surface area (Å²) in [5.41, 5.74) is 6.78. The minimum atomic E-state index is -3.93. The van der Waals surface area contributed by atoms with E-state index in [-0.39, 0.29) is 0 Å². The van der Waals surface area contributed by atoms with Gasteiger partial charge in [0.25, 0.3) is 20.2 Å². The molecular weight excluding hydrogens is 358 g/mol. The van der Waals surface area contributed by atoms with Gasteiger partial charge in [0.2, 0.25) is 0 Å².